The van der Waals surface area contributed by atoms with Crippen molar-refractivity contribution in [2.24, 2.45) is 0 Å². The van der Waals surface area contributed by atoms with Gasteiger partial charge in [0.05, 0.1) is 18.2 Å². The average molecular weight is 294 g/mol. The second kappa shape index (κ2) is 7.64. The molecular weight excluding hydrogens is 272 g/mol. The van der Waals surface area contributed by atoms with Crippen LogP contribution in [0.25, 0.3) is 0 Å². The molecule has 6 nitrogen and oxygen atoms in total. The number of carbonyl (C=O) groups excluding carboxylic acids is 1. The number of hydrogen-bond donors (Lipinski definition) is 2. The highest BCUT2D eigenvalue weighted by Gasteiger charge is 2.18. The third-order valence-corrected chi connectivity index (χ3v) is 3.25. The Morgan fingerprint density at radius 3 is 2.57 bits per heavy atom. The monoisotopic (exact) mass is 294 g/mol. The van der Waals surface area contributed by atoms with Crippen molar-refractivity contribution in [2.75, 3.05) is 25.6 Å². The summed E-state index contributed by atoms with van der Waals surface area (Å²) in [4.78, 5) is 24.9. The first-order valence-electron chi connectivity index (χ1n) is 6.81. The maximum Gasteiger partial charge on any atom is 0.335 e. The van der Waals surface area contributed by atoms with E-state index in [9.17, 15) is 9.59 Å². The quantitative estimate of drug-likeness (QED) is 0.845. The molecule has 0 bridgehead atoms. The largest absolute Gasteiger partial charge is 0.478 e. The number of likely N-dealkylation sites (N-methyl/N-ethyl adjacent to an activating group) is 1. The van der Waals surface area contributed by atoms with E-state index in [1.807, 2.05) is 13.8 Å². The zero-order valence-electron chi connectivity index (χ0n) is 12.8. The zero-order valence-corrected chi connectivity index (χ0v) is 12.8. The highest BCUT2D eigenvalue weighted by atomic mass is 16.5. The Kier molecular flexibility index (Phi) is 6.17. The number of amides is 2. The fraction of sp³-hybridized carbons (Fsp3) is 0.467. The van der Waals surface area contributed by atoms with Gasteiger partial charge in [0.1, 0.15) is 0 Å². The molecule has 0 radical (unpaired) electrons. The van der Waals surface area contributed by atoms with Crippen LogP contribution in [0, 0.1) is 6.92 Å². The first-order chi connectivity index (χ1) is 9.90. The van der Waals surface area contributed by atoms with Crippen LogP contribution in [0.15, 0.2) is 18.2 Å². The standard InChI is InChI=1S/C15H22N2O4/c1-5-17(11(3)9-21-4)15(20)16-12-6-7-13(14(18)19)10(2)8-12/h6-8,11H,5,9H2,1-4H3,(H,16,20)(H,18,19). The van der Waals surface area contributed by atoms with E-state index in [4.69, 9.17) is 9.84 Å². The molecule has 2 N–H and O–H groups in total. The van der Waals surface area contributed by atoms with E-state index in [2.05, 4.69) is 5.32 Å². The van der Waals surface area contributed by atoms with E-state index in [-0.39, 0.29) is 17.6 Å². The number of carboxylic acid groups (broad SMARTS) is 1. The summed E-state index contributed by atoms with van der Waals surface area (Å²) in [6.07, 6.45) is 0. The van der Waals surface area contributed by atoms with Crippen molar-refractivity contribution in [3.63, 3.8) is 0 Å². The van der Waals surface area contributed by atoms with Crippen LogP contribution >= 0.6 is 0 Å². The predicted octanol–water partition coefficient (Wildman–Crippen LogP) is 2.58. The van der Waals surface area contributed by atoms with Gasteiger partial charge >= 0.3 is 12.0 Å². The van der Waals surface area contributed by atoms with Gasteiger partial charge in [-0.3, -0.25) is 0 Å². The van der Waals surface area contributed by atoms with E-state index in [1.165, 1.54) is 6.07 Å². The van der Waals surface area contributed by atoms with E-state index >= 15 is 0 Å². The minimum atomic E-state index is -0.978. The lowest BCUT2D eigenvalue weighted by atomic mass is 10.1. The maximum atomic E-state index is 12.2. The molecule has 0 aliphatic heterocycles. The Bertz CT molecular complexity index is 516. The van der Waals surface area contributed by atoms with Crippen molar-refractivity contribution in [3.05, 3.63) is 29.3 Å². The lowest BCUT2D eigenvalue weighted by Crippen LogP contribution is -2.43. The molecule has 0 aliphatic rings. The molecule has 1 aromatic carbocycles. The SMILES string of the molecule is CCN(C(=O)Nc1ccc(C(=O)O)c(C)c1)C(C)COC. The van der Waals surface area contributed by atoms with Gasteiger partial charge in [0.2, 0.25) is 0 Å². The number of nitrogens with zero attached hydrogens (tertiary/aromatic N) is 1. The molecule has 1 rings (SSSR count). The first kappa shape index (κ1) is 17.0. The van der Waals surface area contributed by atoms with Gasteiger partial charge in [-0.15, -0.1) is 0 Å². The molecule has 1 unspecified atom stereocenters. The summed E-state index contributed by atoms with van der Waals surface area (Å²) >= 11 is 0. The molecule has 1 atom stereocenters. The summed E-state index contributed by atoms with van der Waals surface area (Å²) < 4.78 is 5.06. The molecular formula is C15H22N2O4. The molecule has 0 saturated heterocycles. The number of benzene rings is 1. The number of carboxylic acids is 1. The highest BCUT2D eigenvalue weighted by Crippen LogP contribution is 2.16. The molecule has 116 valence electrons. The number of nitrogens with one attached hydrogen (secondary N) is 1. The van der Waals surface area contributed by atoms with Crippen LogP contribution in [-0.4, -0.2) is 48.3 Å². The second-order valence-electron chi connectivity index (χ2n) is 4.86. The smallest absolute Gasteiger partial charge is 0.335 e. The third-order valence-electron chi connectivity index (χ3n) is 3.25. The number of hydrogen-bond acceptors (Lipinski definition) is 3. The van der Waals surface area contributed by atoms with E-state index in [0.29, 0.717) is 24.4 Å². The molecule has 2 amide bonds. The normalized spacial score (nSPS) is 11.8. The molecule has 0 spiro atoms. The molecule has 0 fully saturated rings. The van der Waals surface area contributed by atoms with Crippen molar-refractivity contribution in [1.82, 2.24) is 4.90 Å². The van der Waals surface area contributed by atoms with Crippen molar-refractivity contribution in [2.45, 2.75) is 26.8 Å². The number of ether oxygens (including phenoxy) is 1. The first-order valence-corrected chi connectivity index (χ1v) is 6.81. The lowest BCUT2D eigenvalue weighted by Gasteiger charge is -2.27. The van der Waals surface area contributed by atoms with Gasteiger partial charge in [-0.25, -0.2) is 9.59 Å². The van der Waals surface area contributed by atoms with Gasteiger partial charge < -0.3 is 20.1 Å². The highest BCUT2D eigenvalue weighted by molar-refractivity contribution is 5.92. The summed E-state index contributed by atoms with van der Waals surface area (Å²) in [5.74, 6) is -0.978. The summed E-state index contributed by atoms with van der Waals surface area (Å²) in [6.45, 7) is 6.51. The predicted molar refractivity (Wildman–Crippen MR) is 80.9 cm³/mol. The van der Waals surface area contributed by atoms with Gasteiger partial charge in [0.15, 0.2) is 0 Å². The lowest BCUT2D eigenvalue weighted by molar-refractivity contribution is 0.0696. The topological polar surface area (TPSA) is 78.9 Å². The maximum absolute atomic E-state index is 12.2. The van der Waals surface area contributed by atoms with Crippen molar-refractivity contribution < 1.29 is 19.4 Å². The van der Waals surface area contributed by atoms with Gasteiger partial charge in [0, 0.05) is 19.3 Å². The zero-order chi connectivity index (χ0) is 16.0. The number of aromatic carboxylic acids is 1. The Morgan fingerprint density at radius 1 is 1.43 bits per heavy atom. The van der Waals surface area contributed by atoms with E-state index < -0.39 is 5.97 Å². The average Bonchev–Trinajstić information content (AvgIpc) is 2.39. The van der Waals surface area contributed by atoms with Crippen molar-refractivity contribution >= 4 is 17.7 Å². The van der Waals surface area contributed by atoms with Crippen LogP contribution < -0.4 is 5.32 Å². The van der Waals surface area contributed by atoms with E-state index in [1.54, 1.807) is 31.1 Å². The number of rotatable bonds is 6. The van der Waals surface area contributed by atoms with Gasteiger partial charge in [0.25, 0.3) is 0 Å². The molecule has 21 heavy (non-hydrogen) atoms. The number of urea groups is 1. The Balaban J connectivity index is 2.82. The fourth-order valence-electron chi connectivity index (χ4n) is 2.16. The Hall–Kier alpha value is -2.08. The number of methoxy groups -OCH3 is 1. The summed E-state index contributed by atoms with van der Waals surface area (Å²) in [5.41, 5.74) is 1.41. The van der Waals surface area contributed by atoms with Crippen LogP contribution in [0.2, 0.25) is 0 Å². The number of carbonyl (C=O) groups is 2. The van der Waals surface area contributed by atoms with Crippen molar-refractivity contribution in [3.8, 4) is 0 Å². The number of aryl methyl sites for hydroxylation is 1. The Morgan fingerprint density at radius 2 is 2.10 bits per heavy atom. The molecule has 0 aromatic heterocycles. The van der Waals surface area contributed by atoms with Crippen LogP contribution in [0.5, 0.6) is 0 Å². The Labute approximate surface area is 124 Å². The van der Waals surface area contributed by atoms with Crippen LogP contribution in [-0.2, 0) is 4.74 Å². The second-order valence-corrected chi connectivity index (χ2v) is 4.86. The fourth-order valence-corrected chi connectivity index (χ4v) is 2.16. The van der Waals surface area contributed by atoms with Gasteiger partial charge in [-0.2, -0.15) is 0 Å². The van der Waals surface area contributed by atoms with Crippen LogP contribution in [0.3, 0.4) is 0 Å². The summed E-state index contributed by atoms with van der Waals surface area (Å²) in [7, 11) is 1.59. The van der Waals surface area contributed by atoms with E-state index in [0.717, 1.165) is 0 Å². The minimum absolute atomic E-state index is 0.0422. The van der Waals surface area contributed by atoms with Gasteiger partial charge in [-0.05, 0) is 44.5 Å². The molecule has 6 heteroatoms. The van der Waals surface area contributed by atoms with Gasteiger partial charge in [-0.1, -0.05) is 0 Å². The number of anilines is 1. The van der Waals surface area contributed by atoms with Crippen molar-refractivity contribution in [1.29, 1.82) is 0 Å². The molecule has 1 aromatic rings. The molecule has 0 saturated carbocycles. The molecule has 0 heterocycles. The minimum Gasteiger partial charge on any atom is -0.478 e. The summed E-state index contributed by atoms with van der Waals surface area (Å²) in [5, 5.41) is 11.8. The third kappa shape index (κ3) is 4.46. The summed E-state index contributed by atoms with van der Waals surface area (Å²) in [6, 6.07) is 4.45. The van der Waals surface area contributed by atoms with Crippen LogP contribution in [0.4, 0.5) is 10.5 Å². The van der Waals surface area contributed by atoms with Crippen LogP contribution in [0.1, 0.15) is 29.8 Å². The molecule has 0 aliphatic carbocycles.